The molecule has 0 radical (unpaired) electrons. The summed E-state index contributed by atoms with van der Waals surface area (Å²) in [6.45, 7) is 2.43. The van der Waals surface area contributed by atoms with Crippen molar-refractivity contribution in [1.82, 2.24) is 24.5 Å². The second-order valence-electron chi connectivity index (χ2n) is 7.10. The van der Waals surface area contributed by atoms with Crippen LogP contribution in [-0.2, 0) is 9.53 Å². The van der Waals surface area contributed by atoms with Gasteiger partial charge < -0.3 is 14.4 Å². The maximum Gasteiger partial charge on any atom is 0.233 e. The van der Waals surface area contributed by atoms with Gasteiger partial charge in [0.05, 0.1) is 31.6 Å². The van der Waals surface area contributed by atoms with Crippen LogP contribution in [0.2, 0.25) is 0 Å². The van der Waals surface area contributed by atoms with Gasteiger partial charge in [0.2, 0.25) is 5.91 Å². The number of hydrogen-bond donors (Lipinski definition) is 0. The zero-order chi connectivity index (χ0) is 21.2. The van der Waals surface area contributed by atoms with Crippen molar-refractivity contribution in [2.24, 2.45) is 0 Å². The molecule has 0 N–H and O–H groups in total. The van der Waals surface area contributed by atoms with Gasteiger partial charge in [-0.3, -0.25) is 9.20 Å². The number of rotatable bonds is 5. The van der Waals surface area contributed by atoms with E-state index in [0.717, 1.165) is 33.7 Å². The van der Waals surface area contributed by atoms with Crippen LogP contribution < -0.4 is 4.74 Å². The molecule has 2 aromatic heterocycles. The number of carbonyl (C=O) groups excluding carboxylic acids is 1. The van der Waals surface area contributed by atoms with Gasteiger partial charge in [0.1, 0.15) is 11.6 Å². The molecule has 0 saturated carbocycles. The van der Waals surface area contributed by atoms with E-state index >= 15 is 0 Å². The highest BCUT2D eigenvalue weighted by molar-refractivity contribution is 7.99. The number of thioether (sulfide) groups is 1. The molecule has 1 fully saturated rings. The van der Waals surface area contributed by atoms with Crippen LogP contribution in [0.3, 0.4) is 0 Å². The van der Waals surface area contributed by atoms with Gasteiger partial charge in [0.25, 0.3) is 0 Å². The Morgan fingerprint density at radius 2 is 1.87 bits per heavy atom. The molecule has 0 atom stereocenters. The molecule has 1 aliphatic heterocycles. The summed E-state index contributed by atoms with van der Waals surface area (Å²) < 4.78 is 12.6. The fraction of sp³-hybridized carbons (Fsp3) is 0.273. The molecule has 158 valence electrons. The highest BCUT2D eigenvalue weighted by Gasteiger charge is 2.20. The number of carbonyl (C=O) groups is 1. The number of fused-ring (bicyclic) bond motifs is 3. The Labute approximate surface area is 183 Å². The van der Waals surface area contributed by atoms with Crippen molar-refractivity contribution >= 4 is 34.2 Å². The van der Waals surface area contributed by atoms with Gasteiger partial charge in [-0.05, 0) is 36.4 Å². The molecular weight excluding hydrogens is 414 g/mol. The number of hydrogen-bond acceptors (Lipinski definition) is 7. The highest BCUT2D eigenvalue weighted by atomic mass is 32.2. The minimum absolute atomic E-state index is 0.0739. The Hall–Kier alpha value is -3.17. The third kappa shape index (κ3) is 3.82. The lowest BCUT2D eigenvalue weighted by atomic mass is 10.1. The minimum Gasteiger partial charge on any atom is -0.497 e. The number of methoxy groups -OCH3 is 1. The zero-order valence-electron chi connectivity index (χ0n) is 17.0. The summed E-state index contributed by atoms with van der Waals surface area (Å²) in [5.41, 5.74) is 2.48. The van der Waals surface area contributed by atoms with Crippen molar-refractivity contribution in [2.45, 2.75) is 5.16 Å². The first-order valence-electron chi connectivity index (χ1n) is 10.0. The van der Waals surface area contributed by atoms with E-state index < -0.39 is 0 Å². The number of morpholine rings is 1. The topological polar surface area (TPSA) is 81.8 Å². The Bertz CT molecular complexity index is 1240. The fourth-order valence-electron chi connectivity index (χ4n) is 3.62. The quantitative estimate of drug-likeness (QED) is 0.446. The SMILES string of the molecule is COc1ccc(-c2nc3ccccc3c3nnc(SCC(=O)N4CCOCC4)n23)cc1. The van der Waals surface area contributed by atoms with Gasteiger partial charge in [0, 0.05) is 24.0 Å². The van der Waals surface area contributed by atoms with Crippen LogP contribution in [0.15, 0.2) is 53.7 Å². The first-order chi connectivity index (χ1) is 15.2. The Morgan fingerprint density at radius 3 is 2.65 bits per heavy atom. The number of amides is 1. The van der Waals surface area contributed by atoms with Crippen LogP contribution in [-0.4, -0.2) is 69.6 Å². The predicted octanol–water partition coefficient (Wildman–Crippen LogP) is 2.90. The van der Waals surface area contributed by atoms with Gasteiger partial charge in [-0.25, -0.2) is 4.98 Å². The first-order valence-corrected chi connectivity index (χ1v) is 11.0. The first kappa shape index (κ1) is 19.8. The number of para-hydroxylation sites is 1. The summed E-state index contributed by atoms with van der Waals surface area (Å²) in [6.07, 6.45) is 0. The van der Waals surface area contributed by atoms with E-state index in [1.165, 1.54) is 11.8 Å². The predicted molar refractivity (Wildman–Crippen MR) is 118 cm³/mol. The third-order valence-corrected chi connectivity index (χ3v) is 6.17. The van der Waals surface area contributed by atoms with E-state index in [2.05, 4.69) is 10.2 Å². The monoisotopic (exact) mass is 435 g/mol. The maximum absolute atomic E-state index is 12.6. The number of nitrogens with zero attached hydrogens (tertiary/aromatic N) is 5. The van der Waals surface area contributed by atoms with Crippen LogP contribution in [0.1, 0.15) is 0 Å². The van der Waals surface area contributed by atoms with Gasteiger partial charge in [-0.2, -0.15) is 0 Å². The summed E-state index contributed by atoms with van der Waals surface area (Å²) in [6, 6.07) is 15.6. The maximum atomic E-state index is 12.6. The number of benzene rings is 2. The second kappa shape index (κ2) is 8.52. The highest BCUT2D eigenvalue weighted by Crippen LogP contribution is 2.30. The molecule has 2 aromatic carbocycles. The van der Waals surface area contributed by atoms with Gasteiger partial charge in [-0.15, -0.1) is 10.2 Å². The Morgan fingerprint density at radius 1 is 1.10 bits per heavy atom. The van der Waals surface area contributed by atoms with Crippen molar-refractivity contribution in [3.05, 3.63) is 48.5 Å². The molecule has 9 heteroatoms. The molecule has 0 aliphatic carbocycles. The molecule has 5 rings (SSSR count). The molecule has 0 spiro atoms. The minimum atomic E-state index is 0.0739. The summed E-state index contributed by atoms with van der Waals surface area (Å²) >= 11 is 1.38. The third-order valence-electron chi connectivity index (χ3n) is 5.25. The smallest absolute Gasteiger partial charge is 0.233 e. The summed E-state index contributed by atoms with van der Waals surface area (Å²) in [4.78, 5) is 19.4. The molecule has 0 unspecified atom stereocenters. The van der Waals surface area contributed by atoms with E-state index in [0.29, 0.717) is 31.5 Å². The Kier molecular flexibility index (Phi) is 5.44. The molecule has 4 aromatic rings. The van der Waals surface area contributed by atoms with Crippen LogP contribution in [0.4, 0.5) is 0 Å². The van der Waals surface area contributed by atoms with E-state index in [1.54, 1.807) is 7.11 Å². The van der Waals surface area contributed by atoms with Crippen LogP contribution in [0.5, 0.6) is 5.75 Å². The van der Waals surface area contributed by atoms with E-state index in [9.17, 15) is 4.79 Å². The van der Waals surface area contributed by atoms with Gasteiger partial charge >= 0.3 is 0 Å². The van der Waals surface area contributed by atoms with Crippen molar-refractivity contribution in [3.63, 3.8) is 0 Å². The summed E-state index contributed by atoms with van der Waals surface area (Å²) in [5, 5.41) is 10.4. The lowest BCUT2D eigenvalue weighted by Crippen LogP contribution is -2.41. The molecule has 31 heavy (non-hydrogen) atoms. The van der Waals surface area contributed by atoms with Gasteiger partial charge in [-0.1, -0.05) is 23.9 Å². The average molecular weight is 436 g/mol. The Balaban J connectivity index is 1.55. The molecule has 8 nitrogen and oxygen atoms in total. The van der Waals surface area contributed by atoms with Crippen molar-refractivity contribution in [3.8, 4) is 17.1 Å². The van der Waals surface area contributed by atoms with E-state index in [1.807, 2.05) is 57.8 Å². The van der Waals surface area contributed by atoms with Gasteiger partial charge in [0.15, 0.2) is 10.8 Å². The molecule has 1 saturated heterocycles. The number of ether oxygens (including phenoxy) is 2. The van der Waals surface area contributed by atoms with Crippen LogP contribution in [0.25, 0.3) is 27.9 Å². The lowest BCUT2D eigenvalue weighted by Gasteiger charge is -2.26. The van der Waals surface area contributed by atoms with E-state index in [-0.39, 0.29) is 11.7 Å². The fourth-order valence-corrected chi connectivity index (χ4v) is 4.45. The standard InChI is InChI=1S/C22H21N5O3S/c1-29-16-8-6-15(7-9-16)20-23-18-5-3-2-4-17(18)21-24-25-22(27(20)21)31-14-19(28)26-10-12-30-13-11-26/h2-9H,10-14H2,1H3. The summed E-state index contributed by atoms with van der Waals surface area (Å²) in [7, 11) is 1.64. The molecule has 1 aliphatic rings. The lowest BCUT2D eigenvalue weighted by molar-refractivity contribution is -0.132. The summed E-state index contributed by atoms with van der Waals surface area (Å²) in [5.74, 6) is 1.86. The molecule has 1 amide bonds. The molecule has 0 bridgehead atoms. The largest absolute Gasteiger partial charge is 0.497 e. The second-order valence-corrected chi connectivity index (χ2v) is 8.05. The van der Waals surface area contributed by atoms with E-state index in [4.69, 9.17) is 14.5 Å². The average Bonchev–Trinajstić information content (AvgIpc) is 3.27. The van der Waals surface area contributed by atoms with Crippen molar-refractivity contribution in [1.29, 1.82) is 0 Å². The zero-order valence-corrected chi connectivity index (χ0v) is 17.8. The number of aromatic nitrogens is 4. The molecular formula is C22H21N5O3S. The van der Waals surface area contributed by atoms with Crippen molar-refractivity contribution < 1.29 is 14.3 Å². The molecule has 3 heterocycles. The normalized spacial score (nSPS) is 14.3. The van der Waals surface area contributed by atoms with Crippen LogP contribution >= 0.6 is 11.8 Å². The van der Waals surface area contributed by atoms with Crippen LogP contribution in [0, 0.1) is 0 Å². The van der Waals surface area contributed by atoms with Crippen molar-refractivity contribution in [2.75, 3.05) is 39.2 Å².